The summed E-state index contributed by atoms with van der Waals surface area (Å²) in [6.45, 7) is 2.15. The highest BCUT2D eigenvalue weighted by Crippen LogP contribution is 2.35. The zero-order valence-electron chi connectivity index (χ0n) is 12.1. The van der Waals surface area contributed by atoms with E-state index in [0.29, 0.717) is 5.92 Å². The average molecular weight is 262 g/mol. The predicted molar refractivity (Wildman–Crippen MR) is 78.9 cm³/mol. The Labute approximate surface area is 116 Å². The summed E-state index contributed by atoms with van der Waals surface area (Å²) in [4.78, 5) is 0. The molecule has 3 unspecified atom stereocenters. The molecule has 1 aromatic rings. The summed E-state index contributed by atoms with van der Waals surface area (Å²) in [7, 11) is 1.77. The number of hydrogen-bond donors (Lipinski definition) is 2. The van der Waals surface area contributed by atoms with Crippen LogP contribution < -0.4 is 11.3 Å². The Morgan fingerprint density at radius 1 is 1.42 bits per heavy atom. The maximum absolute atomic E-state index is 5.73. The molecule has 0 amide bonds. The van der Waals surface area contributed by atoms with Gasteiger partial charge in [0.1, 0.15) is 0 Å². The number of methoxy groups -OCH3 is 1. The number of nitrogens with one attached hydrogen (secondary N) is 1. The second kappa shape index (κ2) is 7.04. The van der Waals surface area contributed by atoms with Gasteiger partial charge < -0.3 is 4.74 Å². The van der Waals surface area contributed by atoms with E-state index in [2.05, 4.69) is 36.6 Å². The molecular formula is C16H26N2O. The SMILES string of the molecule is CCC(OC)C(CC1CCCc2ccccc21)NN. The Hall–Kier alpha value is -0.900. The zero-order chi connectivity index (χ0) is 13.7. The van der Waals surface area contributed by atoms with Crippen LogP contribution in [0, 0.1) is 0 Å². The number of nitrogens with two attached hydrogens (primary N) is 1. The Morgan fingerprint density at radius 3 is 2.89 bits per heavy atom. The number of benzene rings is 1. The van der Waals surface area contributed by atoms with Crippen molar-refractivity contribution in [2.45, 2.75) is 57.1 Å². The first kappa shape index (κ1) is 14.5. The molecule has 1 aliphatic carbocycles. The van der Waals surface area contributed by atoms with Crippen molar-refractivity contribution in [2.24, 2.45) is 5.84 Å². The Balaban J connectivity index is 2.10. The third-order valence-corrected chi connectivity index (χ3v) is 4.40. The predicted octanol–water partition coefficient (Wildman–Crippen LogP) is 2.75. The number of ether oxygens (including phenoxy) is 1. The summed E-state index contributed by atoms with van der Waals surface area (Å²) < 4.78 is 5.54. The summed E-state index contributed by atoms with van der Waals surface area (Å²) in [6.07, 6.45) is 5.99. The van der Waals surface area contributed by atoms with Gasteiger partial charge >= 0.3 is 0 Å². The summed E-state index contributed by atoms with van der Waals surface area (Å²) in [5.74, 6) is 6.34. The van der Waals surface area contributed by atoms with Crippen LogP contribution in [0.1, 0.15) is 49.7 Å². The summed E-state index contributed by atoms with van der Waals surface area (Å²) >= 11 is 0. The van der Waals surface area contributed by atoms with Gasteiger partial charge in [0, 0.05) is 13.2 Å². The van der Waals surface area contributed by atoms with Crippen molar-refractivity contribution in [3.63, 3.8) is 0 Å². The van der Waals surface area contributed by atoms with Crippen molar-refractivity contribution in [1.82, 2.24) is 5.43 Å². The zero-order valence-corrected chi connectivity index (χ0v) is 12.1. The Bertz CT molecular complexity index is 390. The van der Waals surface area contributed by atoms with Gasteiger partial charge in [0.2, 0.25) is 0 Å². The quantitative estimate of drug-likeness (QED) is 0.612. The summed E-state index contributed by atoms with van der Waals surface area (Å²) in [6, 6.07) is 9.06. The molecule has 3 atom stereocenters. The van der Waals surface area contributed by atoms with Crippen LogP contribution in [0.25, 0.3) is 0 Å². The molecule has 1 aliphatic rings. The molecular weight excluding hydrogens is 236 g/mol. The fourth-order valence-corrected chi connectivity index (χ4v) is 3.35. The van der Waals surface area contributed by atoms with Crippen molar-refractivity contribution in [3.05, 3.63) is 35.4 Å². The topological polar surface area (TPSA) is 47.3 Å². The van der Waals surface area contributed by atoms with Gasteiger partial charge in [-0.1, -0.05) is 31.2 Å². The van der Waals surface area contributed by atoms with Gasteiger partial charge in [-0.3, -0.25) is 11.3 Å². The maximum Gasteiger partial charge on any atom is 0.0735 e. The minimum Gasteiger partial charge on any atom is -0.380 e. The van der Waals surface area contributed by atoms with Crippen LogP contribution in [-0.4, -0.2) is 19.3 Å². The van der Waals surface area contributed by atoms with Crippen LogP contribution in [0.2, 0.25) is 0 Å². The Morgan fingerprint density at radius 2 is 2.21 bits per heavy atom. The van der Waals surface area contributed by atoms with Crippen LogP contribution in [0.5, 0.6) is 0 Å². The second-order valence-corrected chi connectivity index (χ2v) is 5.48. The number of hydrogen-bond acceptors (Lipinski definition) is 3. The number of hydrazine groups is 1. The number of aryl methyl sites for hydroxylation is 1. The second-order valence-electron chi connectivity index (χ2n) is 5.48. The molecule has 2 rings (SSSR count). The molecule has 3 heteroatoms. The molecule has 0 spiro atoms. The van der Waals surface area contributed by atoms with Crippen LogP contribution in [-0.2, 0) is 11.2 Å². The van der Waals surface area contributed by atoms with Crippen molar-refractivity contribution in [1.29, 1.82) is 0 Å². The third kappa shape index (κ3) is 3.35. The van der Waals surface area contributed by atoms with Gasteiger partial charge in [-0.2, -0.15) is 0 Å². The van der Waals surface area contributed by atoms with Crippen LogP contribution in [0.15, 0.2) is 24.3 Å². The van der Waals surface area contributed by atoms with Crippen molar-refractivity contribution in [2.75, 3.05) is 7.11 Å². The van der Waals surface area contributed by atoms with E-state index in [9.17, 15) is 0 Å². The van der Waals surface area contributed by atoms with E-state index in [-0.39, 0.29) is 12.1 Å². The normalized spacial score (nSPS) is 21.7. The Kier molecular flexibility index (Phi) is 5.37. The number of rotatable bonds is 6. The summed E-state index contributed by atoms with van der Waals surface area (Å²) in [5, 5.41) is 0. The molecule has 0 bridgehead atoms. The molecule has 0 aliphatic heterocycles. The number of fused-ring (bicyclic) bond motifs is 1. The van der Waals surface area contributed by atoms with E-state index >= 15 is 0 Å². The fraction of sp³-hybridized carbons (Fsp3) is 0.625. The van der Waals surface area contributed by atoms with E-state index in [0.717, 1.165) is 12.8 Å². The third-order valence-electron chi connectivity index (χ3n) is 4.40. The van der Waals surface area contributed by atoms with E-state index in [1.54, 1.807) is 7.11 Å². The van der Waals surface area contributed by atoms with E-state index < -0.39 is 0 Å². The van der Waals surface area contributed by atoms with Crippen molar-refractivity contribution in [3.8, 4) is 0 Å². The molecule has 0 saturated carbocycles. The van der Waals surface area contributed by atoms with Gasteiger partial charge in [-0.25, -0.2) is 0 Å². The van der Waals surface area contributed by atoms with Crippen LogP contribution >= 0.6 is 0 Å². The minimum atomic E-state index is 0.194. The van der Waals surface area contributed by atoms with E-state index in [1.807, 2.05) is 0 Å². The lowest BCUT2D eigenvalue weighted by Gasteiger charge is -2.31. The monoisotopic (exact) mass is 262 g/mol. The minimum absolute atomic E-state index is 0.194. The average Bonchev–Trinajstić information content (AvgIpc) is 2.47. The van der Waals surface area contributed by atoms with E-state index in [4.69, 9.17) is 10.6 Å². The lowest BCUT2D eigenvalue weighted by atomic mass is 9.79. The first-order chi connectivity index (χ1) is 9.30. The molecule has 1 aromatic carbocycles. The molecule has 106 valence electrons. The van der Waals surface area contributed by atoms with E-state index in [1.165, 1.54) is 30.4 Å². The molecule has 19 heavy (non-hydrogen) atoms. The van der Waals surface area contributed by atoms with Crippen molar-refractivity contribution >= 4 is 0 Å². The highest BCUT2D eigenvalue weighted by molar-refractivity contribution is 5.32. The largest absolute Gasteiger partial charge is 0.380 e. The van der Waals surface area contributed by atoms with Gasteiger partial charge in [-0.15, -0.1) is 0 Å². The van der Waals surface area contributed by atoms with Gasteiger partial charge in [0.25, 0.3) is 0 Å². The molecule has 0 aromatic heterocycles. The first-order valence-corrected chi connectivity index (χ1v) is 7.36. The lowest BCUT2D eigenvalue weighted by molar-refractivity contribution is 0.0594. The van der Waals surface area contributed by atoms with Crippen LogP contribution in [0.4, 0.5) is 0 Å². The van der Waals surface area contributed by atoms with Crippen LogP contribution in [0.3, 0.4) is 0 Å². The highest BCUT2D eigenvalue weighted by atomic mass is 16.5. The highest BCUT2D eigenvalue weighted by Gasteiger charge is 2.26. The summed E-state index contributed by atoms with van der Waals surface area (Å²) in [5.41, 5.74) is 5.98. The fourth-order valence-electron chi connectivity index (χ4n) is 3.35. The van der Waals surface area contributed by atoms with Gasteiger partial charge in [0.15, 0.2) is 0 Å². The van der Waals surface area contributed by atoms with Crippen molar-refractivity contribution < 1.29 is 4.74 Å². The lowest BCUT2D eigenvalue weighted by Crippen LogP contribution is -2.45. The molecule has 0 radical (unpaired) electrons. The molecule has 3 nitrogen and oxygen atoms in total. The van der Waals surface area contributed by atoms with Gasteiger partial charge in [-0.05, 0) is 49.1 Å². The smallest absolute Gasteiger partial charge is 0.0735 e. The van der Waals surface area contributed by atoms with Gasteiger partial charge in [0.05, 0.1) is 6.10 Å². The molecule has 3 N–H and O–H groups in total. The maximum atomic E-state index is 5.73. The first-order valence-electron chi connectivity index (χ1n) is 7.36. The molecule has 0 heterocycles. The standard InChI is InChI=1S/C16H26N2O/c1-3-16(19-2)15(18-17)11-13-9-6-8-12-7-4-5-10-14(12)13/h4-5,7,10,13,15-16,18H,3,6,8-9,11,17H2,1-2H3. The molecule has 0 fully saturated rings. The molecule has 0 saturated heterocycles.